The Kier molecular flexibility index (Phi) is 4.43. The second-order valence-electron chi connectivity index (χ2n) is 5.27. The molecule has 4 nitrogen and oxygen atoms in total. The number of rotatable bonds is 7. The first kappa shape index (κ1) is 13.9. The lowest BCUT2D eigenvalue weighted by Crippen LogP contribution is -2.44. The number of ether oxygens (including phenoxy) is 1. The van der Waals surface area contributed by atoms with Gasteiger partial charge >= 0.3 is 5.97 Å². The van der Waals surface area contributed by atoms with Crippen LogP contribution >= 0.6 is 0 Å². The van der Waals surface area contributed by atoms with E-state index in [9.17, 15) is 9.90 Å². The van der Waals surface area contributed by atoms with Crippen LogP contribution in [0.25, 0.3) is 0 Å². The quantitative estimate of drug-likeness (QED) is 0.790. The molecule has 104 valence electrons. The van der Waals surface area contributed by atoms with Crippen LogP contribution in [0.15, 0.2) is 24.3 Å². The van der Waals surface area contributed by atoms with Gasteiger partial charge in [0.15, 0.2) is 0 Å². The van der Waals surface area contributed by atoms with E-state index in [4.69, 9.17) is 4.74 Å². The van der Waals surface area contributed by atoms with Gasteiger partial charge in [0.05, 0.1) is 7.11 Å². The predicted molar refractivity (Wildman–Crippen MR) is 73.4 cm³/mol. The molecule has 0 spiro atoms. The zero-order chi connectivity index (χ0) is 13.8. The molecule has 0 aliphatic heterocycles. The fourth-order valence-electron chi connectivity index (χ4n) is 2.32. The highest BCUT2D eigenvalue weighted by atomic mass is 16.5. The molecule has 4 heteroatoms. The Morgan fingerprint density at radius 2 is 2.05 bits per heavy atom. The van der Waals surface area contributed by atoms with E-state index in [1.807, 2.05) is 31.2 Å². The average molecular weight is 263 g/mol. The van der Waals surface area contributed by atoms with E-state index in [2.05, 4.69) is 5.32 Å². The number of hydrogen-bond donors (Lipinski definition) is 2. The van der Waals surface area contributed by atoms with Gasteiger partial charge in [-0.3, -0.25) is 4.79 Å². The molecule has 1 aliphatic carbocycles. The van der Waals surface area contributed by atoms with Crippen LogP contribution in [-0.2, 0) is 11.2 Å². The normalized spacial score (nSPS) is 17.8. The molecule has 2 unspecified atom stereocenters. The molecule has 0 radical (unpaired) electrons. The lowest BCUT2D eigenvalue weighted by Gasteiger charge is -2.20. The summed E-state index contributed by atoms with van der Waals surface area (Å²) in [4.78, 5) is 11.2. The van der Waals surface area contributed by atoms with Crippen molar-refractivity contribution in [1.82, 2.24) is 5.32 Å². The van der Waals surface area contributed by atoms with Gasteiger partial charge in [0.25, 0.3) is 0 Å². The van der Waals surface area contributed by atoms with Gasteiger partial charge in [-0.1, -0.05) is 12.1 Å². The summed E-state index contributed by atoms with van der Waals surface area (Å²) in [5.74, 6) is 0.422. The third-order valence-electron chi connectivity index (χ3n) is 3.52. The van der Waals surface area contributed by atoms with Crippen LogP contribution in [0.3, 0.4) is 0 Å². The SMILES string of the molecule is COc1ccc(CC(C)NC(C(=O)O)C2CC2)cc1. The topological polar surface area (TPSA) is 58.6 Å². The van der Waals surface area contributed by atoms with E-state index >= 15 is 0 Å². The smallest absolute Gasteiger partial charge is 0.320 e. The molecule has 0 heterocycles. The van der Waals surface area contributed by atoms with Crippen molar-refractivity contribution in [2.24, 2.45) is 5.92 Å². The Hall–Kier alpha value is -1.55. The molecule has 19 heavy (non-hydrogen) atoms. The highest BCUT2D eigenvalue weighted by Gasteiger charge is 2.36. The number of carboxylic acids is 1. The van der Waals surface area contributed by atoms with E-state index < -0.39 is 12.0 Å². The molecule has 1 aromatic rings. The number of aliphatic carboxylic acids is 1. The molecule has 0 bridgehead atoms. The van der Waals surface area contributed by atoms with Gasteiger partial charge in [0.1, 0.15) is 11.8 Å². The molecule has 2 rings (SSSR count). The Morgan fingerprint density at radius 1 is 1.42 bits per heavy atom. The number of methoxy groups -OCH3 is 1. The number of benzene rings is 1. The van der Waals surface area contributed by atoms with E-state index in [1.165, 1.54) is 5.56 Å². The van der Waals surface area contributed by atoms with Crippen molar-refractivity contribution in [3.63, 3.8) is 0 Å². The lowest BCUT2D eigenvalue weighted by molar-refractivity contribution is -0.140. The zero-order valence-electron chi connectivity index (χ0n) is 11.4. The number of nitrogens with one attached hydrogen (secondary N) is 1. The highest BCUT2D eigenvalue weighted by Crippen LogP contribution is 2.33. The van der Waals surface area contributed by atoms with Crippen LogP contribution in [0.1, 0.15) is 25.3 Å². The molecule has 1 aromatic carbocycles. The summed E-state index contributed by atoms with van der Waals surface area (Å²) in [6.45, 7) is 2.03. The Bertz CT molecular complexity index is 426. The first-order valence-electron chi connectivity index (χ1n) is 6.72. The molecule has 1 fully saturated rings. The third kappa shape index (κ3) is 3.96. The molecule has 2 N–H and O–H groups in total. The number of carbonyl (C=O) groups is 1. The summed E-state index contributed by atoms with van der Waals surface area (Å²) in [6.07, 6.45) is 2.87. The van der Waals surface area contributed by atoms with Crippen LogP contribution in [-0.4, -0.2) is 30.3 Å². The van der Waals surface area contributed by atoms with Gasteiger partial charge in [-0.2, -0.15) is 0 Å². The van der Waals surface area contributed by atoms with Gasteiger partial charge in [0.2, 0.25) is 0 Å². The second kappa shape index (κ2) is 6.06. The summed E-state index contributed by atoms with van der Waals surface area (Å²) in [5, 5.41) is 12.4. The maximum Gasteiger partial charge on any atom is 0.320 e. The van der Waals surface area contributed by atoms with Gasteiger partial charge in [0, 0.05) is 6.04 Å². The van der Waals surface area contributed by atoms with E-state index in [0.717, 1.165) is 25.0 Å². The van der Waals surface area contributed by atoms with Crippen LogP contribution in [0.5, 0.6) is 5.75 Å². The van der Waals surface area contributed by atoms with E-state index in [-0.39, 0.29) is 6.04 Å². The molecular weight excluding hydrogens is 242 g/mol. The van der Waals surface area contributed by atoms with Crippen molar-refractivity contribution in [3.05, 3.63) is 29.8 Å². The molecular formula is C15H21NO3. The minimum absolute atomic E-state index is 0.148. The van der Waals surface area contributed by atoms with Crippen molar-refractivity contribution in [2.75, 3.05) is 7.11 Å². The summed E-state index contributed by atoms with van der Waals surface area (Å²) in [6, 6.07) is 7.65. The van der Waals surface area contributed by atoms with Crippen LogP contribution in [0.4, 0.5) is 0 Å². The van der Waals surface area contributed by atoms with E-state index in [1.54, 1.807) is 7.11 Å². The Balaban J connectivity index is 1.88. The standard InChI is InChI=1S/C15H21NO3/c1-10(16-14(15(17)18)12-5-6-12)9-11-3-7-13(19-2)8-4-11/h3-4,7-8,10,12,14,16H,5-6,9H2,1-2H3,(H,17,18). The molecule has 2 atom stereocenters. The zero-order valence-corrected chi connectivity index (χ0v) is 11.4. The van der Waals surface area contributed by atoms with Crippen LogP contribution in [0.2, 0.25) is 0 Å². The largest absolute Gasteiger partial charge is 0.497 e. The summed E-state index contributed by atoms with van der Waals surface area (Å²) < 4.78 is 5.12. The summed E-state index contributed by atoms with van der Waals surface area (Å²) >= 11 is 0. The fraction of sp³-hybridized carbons (Fsp3) is 0.533. The minimum Gasteiger partial charge on any atom is -0.497 e. The fourth-order valence-corrected chi connectivity index (χ4v) is 2.32. The monoisotopic (exact) mass is 263 g/mol. The highest BCUT2D eigenvalue weighted by molar-refractivity contribution is 5.74. The number of carboxylic acid groups (broad SMARTS) is 1. The molecule has 1 saturated carbocycles. The molecule has 1 aliphatic rings. The van der Waals surface area contributed by atoms with Crippen LogP contribution in [0, 0.1) is 5.92 Å². The Morgan fingerprint density at radius 3 is 2.53 bits per heavy atom. The molecule has 0 saturated heterocycles. The second-order valence-corrected chi connectivity index (χ2v) is 5.27. The number of hydrogen-bond acceptors (Lipinski definition) is 3. The van der Waals surface area contributed by atoms with Crippen molar-refractivity contribution >= 4 is 5.97 Å². The van der Waals surface area contributed by atoms with Gasteiger partial charge < -0.3 is 15.2 Å². The summed E-state index contributed by atoms with van der Waals surface area (Å²) in [5.41, 5.74) is 1.18. The Labute approximate surface area is 113 Å². The van der Waals surface area contributed by atoms with Gasteiger partial charge in [-0.15, -0.1) is 0 Å². The van der Waals surface area contributed by atoms with Crippen molar-refractivity contribution < 1.29 is 14.6 Å². The maximum atomic E-state index is 11.2. The van der Waals surface area contributed by atoms with Gasteiger partial charge in [-0.25, -0.2) is 0 Å². The average Bonchev–Trinajstić information content (AvgIpc) is 3.21. The van der Waals surface area contributed by atoms with Crippen molar-refractivity contribution in [1.29, 1.82) is 0 Å². The lowest BCUT2D eigenvalue weighted by atomic mass is 10.0. The maximum absolute atomic E-state index is 11.2. The van der Waals surface area contributed by atoms with Crippen LogP contribution < -0.4 is 10.1 Å². The van der Waals surface area contributed by atoms with E-state index in [0.29, 0.717) is 5.92 Å². The minimum atomic E-state index is -0.732. The van der Waals surface area contributed by atoms with Gasteiger partial charge in [-0.05, 0) is 49.8 Å². The third-order valence-corrected chi connectivity index (χ3v) is 3.52. The predicted octanol–water partition coefficient (Wildman–Crippen LogP) is 2.08. The molecule has 0 aromatic heterocycles. The van der Waals surface area contributed by atoms with Crippen molar-refractivity contribution in [3.8, 4) is 5.75 Å². The van der Waals surface area contributed by atoms with Crippen molar-refractivity contribution in [2.45, 2.75) is 38.3 Å². The summed E-state index contributed by atoms with van der Waals surface area (Å²) in [7, 11) is 1.65. The molecule has 0 amide bonds. The first-order valence-corrected chi connectivity index (χ1v) is 6.72. The first-order chi connectivity index (χ1) is 9.10.